The lowest BCUT2D eigenvalue weighted by Gasteiger charge is -2.36. The van der Waals surface area contributed by atoms with Gasteiger partial charge in [0.25, 0.3) is 23.6 Å². The second-order valence-corrected chi connectivity index (χ2v) is 17.6. The normalized spacial score (nSPS) is 16.7. The Morgan fingerprint density at radius 3 is 1.35 bits per heavy atom. The molecule has 0 fully saturated rings. The predicted octanol–water partition coefficient (Wildman–Crippen LogP) is 13.2. The van der Waals surface area contributed by atoms with Crippen LogP contribution in [0.3, 0.4) is 0 Å². The van der Waals surface area contributed by atoms with Crippen LogP contribution in [0.15, 0.2) is 46.9 Å². The number of nitrogens with zero attached hydrogens (tertiary/aromatic N) is 2. The lowest BCUT2D eigenvalue weighted by atomic mass is 9.81. The van der Waals surface area contributed by atoms with E-state index in [1.165, 1.54) is 0 Å². The summed E-state index contributed by atoms with van der Waals surface area (Å²) in [6, 6.07) is 13.3. The maximum atomic E-state index is 14.6. The van der Waals surface area contributed by atoms with E-state index in [1.54, 1.807) is 9.80 Å². The SMILES string of the molecule is CCCCCC(CC(C)CCC)N1C(=O)c2ccc3c4ccc5c6c(cc(Br)c(c7ccc(c2c37)C1=O)c64)C(=O)N(C(CCCCC)CC(C)CCC)C5=O. The molecule has 0 N–H and O–H groups in total. The number of halogens is 1. The molecule has 55 heavy (non-hydrogen) atoms. The van der Waals surface area contributed by atoms with Crippen molar-refractivity contribution in [3.8, 4) is 0 Å². The molecule has 7 rings (SSSR count). The molecule has 0 aliphatic carbocycles. The molecule has 4 atom stereocenters. The maximum absolute atomic E-state index is 14.6. The number of rotatable bonds is 18. The van der Waals surface area contributed by atoms with Crippen molar-refractivity contribution in [1.29, 1.82) is 0 Å². The van der Waals surface area contributed by atoms with Gasteiger partial charge in [-0.1, -0.05) is 140 Å². The van der Waals surface area contributed by atoms with Crippen LogP contribution in [0.1, 0.15) is 173 Å². The van der Waals surface area contributed by atoms with Gasteiger partial charge in [-0.3, -0.25) is 29.0 Å². The van der Waals surface area contributed by atoms with Crippen molar-refractivity contribution in [2.45, 2.75) is 144 Å². The van der Waals surface area contributed by atoms with E-state index in [1.807, 2.05) is 42.5 Å². The Morgan fingerprint density at radius 1 is 0.473 bits per heavy atom. The van der Waals surface area contributed by atoms with Crippen molar-refractivity contribution in [3.05, 3.63) is 69.2 Å². The van der Waals surface area contributed by atoms with Gasteiger partial charge in [0.2, 0.25) is 0 Å². The summed E-state index contributed by atoms with van der Waals surface area (Å²) in [6.07, 6.45) is 13.8. The van der Waals surface area contributed by atoms with E-state index < -0.39 is 0 Å². The summed E-state index contributed by atoms with van der Waals surface area (Å²) in [7, 11) is 0. The van der Waals surface area contributed by atoms with Gasteiger partial charge in [0.1, 0.15) is 0 Å². The fourth-order valence-corrected chi connectivity index (χ4v) is 10.8. The van der Waals surface area contributed by atoms with Crippen molar-refractivity contribution in [1.82, 2.24) is 9.80 Å². The first-order valence-corrected chi connectivity index (χ1v) is 22.0. The van der Waals surface area contributed by atoms with Crippen LogP contribution in [0.4, 0.5) is 0 Å². The van der Waals surface area contributed by atoms with Crippen molar-refractivity contribution < 1.29 is 19.2 Å². The van der Waals surface area contributed by atoms with Crippen LogP contribution >= 0.6 is 15.9 Å². The molecule has 2 aliphatic rings. The quantitative estimate of drug-likeness (QED) is 0.0383. The molecule has 7 heteroatoms. The summed E-state index contributed by atoms with van der Waals surface area (Å²) in [5.74, 6) is -0.0362. The van der Waals surface area contributed by atoms with E-state index in [2.05, 4.69) is 57.5 Å². The van der Waals surface area contributed by atoms with Crippen LogP contribution in [0.5, 0.6) is 0 Å². The highest BCUT2D eigenvalue weighted by atomic mass is 79.9. The molecule has 0 saturated heterocycles. The third-order valence-electron chi connectivity index (χ3n) is 12.7. The number of carbonyl (C=O) groups is 4. The highest BCUT2D eigenvalue weighted by molar-refractivity contribution is 9.10. The highest BCUT2D eigenvalue weighted by Gasteiger charge is 2.41. The summed E-state index contributed by atoms with van der Waals surface area (Å²) >= 11 is 3.90. The molecule has 0 spiro atoms. The Hall–Kier alpha value is -3.84. The number of hydrogen-bond donors (Lipinski definition) is 0. The second kappa shape index (κ2) is 16.3. The number of amides is 4. The number of carbonyl (C=O) groups excluding carboxylic acids is 4. The third kappa shape index (κ3) is 6.76. The topological polar surface area (TPSA) is 74.8 Å². The van der Waals surface area contributed by atoms with E-state index in [0.29, 0.717) is 44.9 Å². The van der Waals surface area contributed by atoms with Crippen LogP contribution < -0.4 is 0 Å². The Bertz CT molecular complexity index is 2270. The number of unbranched alkanes of at least 4 members (excludes halogenated alkanes) is 4. The summed E-state index contributed by atoms with van der Waals surface area (Å²) in [5, 5.41) is 6.77. The van der Waals surface area contributed by atoms with E-state index in [9.17, 15) is 19.2 Å². The molecule has 5 aromatic carbocycles. The molecule has 2 heterocycles. The third-order valence-corrected chi connectivity index (χ3v) is 13.3. The molecule has 6 nitrogen and oxygen atoms in total. The molecule has 0 saturated carbocycles. The Kier molecular flexibility index (Phi) is 11.7. The fraction of sp³-hybridized carbons (Fsp3) is 0.500. The van der Waals surface area contributed by atoms with Crippen molar-refractivity contribution >= 4 is 82.6 Å². The van der Waals surface area contributed by atoms with E-state index in [4.69, 9.17) is 0 Å². The molecule has 4 unspecified atom stereocenters. The number of hydrogen-bond acceptors (Lipinski definition) is 4. The van der Waals surface area contributed by atoms with Crippen LogP contribution in [0.2, 0.25) is 0 Å². The van der Waals surface area contributed by atoms with Crippen LogP contribution in [0, 0.1) is 11.8 Å². The smallest absolute Gasteiger partial charge is 0.261 e. The molecule has 4 amide bonds. The van der Waals surface area contributed by atoms with Gasteiger partial charge in [0, 0.05) is 60.4 Å². The highest BCUT2D eigenvalue weighted by Crippen LogP contribution is 2.49. The first-order chi connectivity index (χ1) is 26.6. The summed E-state index contributed by atoms with van der Waals surface area (Å²) in [4.78, 5) is 61.5. The van der Waals surface area contributed by atoms with Gasteiger partial charge in [-0.15, -0.1) is 0 Å². The van der Waals surface area contributed by atoms with Gasteiger partial charge in [-0.2, -0.15) is 0 Å². The fourth-order valence-electron chi connectivity index (χ4n) is 10.1. The van der Waals surface area contributed by atoms with Crippen molar-refractivity contribution in [2.75, 3.05) is 0 Å². The van der Waals surface area contributed by atoms with Crippen LogP contribution in [-0.2, 0) is 0 Å². The lowest BCUT2D eigenvalue weighted by Crippen LogP contribution is -2.48. The monoisotopic (exact) mass is 804 g/mol. The molecule has 290 valence electrons. The van der Waals surface area contributed by atoms with Crippen LogP contribution in [0.25, 0.3) is 43.1 Å². The molecule has 2 aliphatic heterocycles. The molecule has 0 aromatic heterocycles. The van der Waals surface area contributed by atoms with Gasteiger partial charge in [-0.25, -0.2) is 0 Å². The molecule has 5 aromatic rings. The summed E-state index contributed by atoms with van der Waals surface area (Å²) < 4.78 is 0.764. The second-order valence-electron chi connectivity index (χ2n) is 16.8. The Morgan fingerprint density at radius 2 is 0.891 bits per heavy atom. The first-order valence-electron chi connectivity index (χ1n) is 21.2. The number of benzene rings is 5. The first kappa shape index (κ1) is 39.4. The number of fused-ring (bicyclic) bond motifs is 2. The van der Waals surface area contributed by atoms with Crippen molar-refractivity contribution in [2.24, 2.45) is 11.8 Å². The average molecular weight is 806 g/mol. The minimum Gasteiger partial charge on any atom is -0.271 e. The summed E-state index contributed by atoms with van der Waals surface area (Å²) in [6.45, 7) is 13.2. The zero-order chi connectivity index (χ0) is 39.1. The zero-order valence-electron chi connectivity index (χ0n) is 33.7. The summed E-state index contributed by atoms with van der Waals surface area (Å²) in [5.41, 5.74) is 2.24. The zero-order valence-corrected chi connectivity index (χ0v) is 35.2. The van der Waals surface area contributed by atoms with E-state index >= 15 is 0 Å². The van der Waals surface area contributed by atoms with Gasteiger partial charge in [0.05, 0.1) is 0 Å². The maximum Gasteiger partial charge on any atom is 0.261 e. The average Bonchev–Trinajstić information content (AvgIpc) is 3.16. The molecular formula is C48H57BrN2O4. The van der Waals surface area contributed by atoms with E-state index in [-0.39, 0.29) is 35.7 Å². The minimum absolute atomic E-state index is 0.148. The molecular weight excluding hydrogens is 748 g/mol. The van der Waals surface area contributed by atoms with Gasteiger partial charge in [-0.05, 0) is 83.3 Å². The van der Waals surface area contributed by atoms with Gasteiger partial charge in [0.15, 0.2) is 0 Å². The lowest BCUT2D eigenvalue weighted by molar-refractivity contribution is 0.0489. The predicted molar refractivity (Wildman–Crippen MR) is 230 cm³/mol. The van der Waals surface area contributed by atoms with Crippen LogP contribution in [-0.4, -0.2) is 45.5 Å². The molecule has 0 radical (unpaired) electrons. The Balaban J connectivity index is 1.38. The van der Waals surface area contributed by atoms with Crippen molar-refractivity contribution in [3.63, 3.8) is 0 Å². The minimum atomic E-state index is -0.221. The largest absolute Gasteiger partial charge is 0.271 e. The standard InChI is InChI=1S/C48H57BrN2O4/c1-7-11-13-17-30(25-28(5)15-9-3)50-45(52)35-22-19-32-33-20-23-37-42-38(48(55)51(47(37)54)31(18-14-12-8-2)26-29(6)16-10-4)27-39(49)43(44(33)42)34-21-24-36(46(50)53)41(35)40(32)34/h19-24,27-31H,7-18,25-26H2,1-6H3. The molecule has 0 bridgehead atoms. The Labute approximate surface area is 334 Å². The van der Waals surface area contributed by atoms with E-state index in [0.717, 1.165) is 127 Å². The number of imide groups is 2. The van der Waals surface area contributed by atoms with Gasteiger partial charge < -0.3 is 0 Å². The van der Waals surface area contributed by atoms with Gasteiger partial charge >= 0.3 is 0 Å².